The zero-order chi connectivity index (χ0) is 19.2. The van der Waals surface area contributed by atoms with Gasteiger partial charge < -0.3 is 10.1 Å². The molecule has 3 nitrogen and oxygen atoms in total. The SMILES string of the molecule is CC(C)c1ccccc1NC(=O)c1ccccc1OCc1ccc(Cl)cc1. The van der Waals surface area contributed by atoms with Gasteiger partial charge in [-0.25, -0.2) is 0 Å². The van der Waals surface area contributed by atoms with E-state index in [4.69, 9.17) is 16.3 Å². The fraction of sp³-hybridized carbons (Fsp3) is 0.174. The number of nitrogens with one attached hydrogen (secondary N) is 1. The lowest BCUT2D eigenvalue weighted by Crippen LogP contribution is -2.15. The predicted octanol–water partition coefficient (Wildman–Crippen LogP) is 6.29. The minimum atomic E-state index is -0.185. The Bertz CT molecular complexity index is 920. The van der Waals surface area contributed by atoms with Crippen molar-refractivity contribution in [1.82, 2.24) is 0 Å². The van der Waals surface area contributed by atoms with Crippen molar-refractivity contribution in [2.24, 2.45) is 0 Å². The van der Waals surface area contributed by atoms with E-state index in [-0.39, 0.29) is 5.91 Å². The van der Waals surface area contributed by atoms with Crippen LogP contribution in [-0.2, 0) is 6.61 Å². The van der Waals surface area contributed by atoms with E-state index >= 15 is 0 Å². The van der Waals surface area contributed by atoms with E-state index in [0.29, 0.717) is 28.9 Å². The summed E-state index contributed by atoms with van der Waals surface area (Å²) < 4.78 is 5.90. The van der Waals surface area contributed by atoms with Crippen molar-refractivity contribution in [3.05, 3.63) is 94.5 Å². The van der Waals surface area contributed by atoms with Crippen molar-refractivity contribution >= 4 is 23.2 Å². The molecule has 27 heavy (non-hydrogen) atoms. The number of para-hydroxylation sites is 2. The number of benzene rings is 3. The third-order valence-corrected chi connectivity index (χ3v) is 4.52. The minimum Gasteiger partial charge on any atom is -0.488 e. The Morgan fingerprint density at radius 1 is 0.963 bits per heavy atom. The maximum atomic E-state index is 12.9. The summed E-state index contributed by atoms with van der Waals surface area (Å²) in [5.74, 6) is 0.680. The van der Waals surface area contributed by atoms with Gasteiger partial charge in [-0.05, 0) is 47.4 Å². The molecule has 1 amide bonds. The first-order chi connectivity index (χ1) is 13.0. The monoisotopic (exact) mass is 379 g/mol. The van der Waals surface area contributed by atoms with Gasteiger partial charge in [-0.2, -0.15) is 0 Å². The minimum absolute atomic E-state index is 0.185. The van der Waals surface area contributed by atoms with E-state index in [9.17, 15) is 4.79 Å². The lowest BCUT2D eigenvalue weighted by Gasteiger charge is -2.15. The van der Waals surface area contributed by atoms with Gasteiger partial charge >= 0.3 is 0 Å². The van der Waals surface area contributed by atoms with Gasteiger partial charge in [0.05, 0.1) is 5.56 Å². The molecule has 0 saturated carbocycles. The van der Waals surface area contributed by atoms with Gasteiger partial charge in [0.1, 0.15) is 12.4 Å². The molecule has 0 unspecified atom stereocenters. The number of carbonyl (C=O) groups excluding carboxylic acids is 1. The van der Waals surface area contributed by atoms with Gasteiger partial charge in [0, 0.05) is 10.7 Å². The molecule has 0 fully saturated rings. The summed E-state index contributed by atoms with van der Waals surface area (Å²) in [6.07, 6.45) is 0. The Labute approximate surface area is 164 Å². The smallest absolute Gasteiger partial charge is 0.259 e. The number of amides is 1. The lowest BCUT2D eigenvalue weighted by atomic mass is 10.0. The number of anilines is 1. The Balaban J connectivity index is 1.77. The van der Waals surface area contributed by atoms with Gasteiger partial charge in [-0.15, -0.1) is 0 Å². The average Bonchev–Trinajstić information content (AvgIpc) is 2.68. The molecule has 0 atom stereocenters. The van der Waals surface area contributed by atoms with Crippen LogP contribution >= 0.6 is 11.6 Å². The summed E-state index contributed by atoms with van der Waals surface area (Å²) in [5, 5.41) is 3.70. The number of hydrogen-bond acceptors (Lipinski definition) is 2. The normalized spacial score (nSPS) is 10.7. The van der Waals surface area contributed by atoms with Crippen LogP contribution in [-0.4, -0.2) is 5.91 Å². The fourth-order valence-electron chi connectivity index (χ4n) is 2.83. The molecule has 0 heterocycles. The maximum Gasteiger partial charge on any atom is 0.259 e. The summed E-state index contributed by atoms with van der Waals surface area (Å²) in [6.45, 7) is 4.58. The lowest BCUT2D eigenvalue weighted by molar-refractivity contribution is 0.102. The van der Waals surface area contributed by atoms with Crippen molar-refractivity contribution in [1.29, 1.82) is 0 Å². The molecule has 0 aliphatic carbocycles. The Hall–Kier alpha value is -2.78. The highest BCUT2D eigenvalue weighted by molar-refractivity contribution is 6.30. The van der Waals surface area contributed by atoms with Gasteiger partial charge in [0.15, 0.2) is 0 Å². The quantitative estimate of drug-likeness (QED) is 0.546. The predicted molar refractivity (Wildman–Crippen MR) is 111 cm³/mol. The molecule has 3 aromatic carbocycles. The molecule has 3 rings (SSSR count). The van der Waals surface area contributed by atoms with Gasteiger partial charge in [0.25, 0.3) is 5.91 Å². The molecule has 1 N–H and O–H groups in total. The average molecular weight is 380 g/mol. The Morgan fingerprint density at radius 2 is 1.63 bits per heavy atom. The van der Waals surface area contributed by atoms with E-state index in [0.717, 1.165) is 16.8 Å². The number of ether oxygens (including phenoxy) is 1. The molecular formula is C23H22ClNO2. The summed E-state index contributed by atoms with van der Waals surface area (Å²) in [4.78, 5) is 12.9. The third kappa shape index (κ3) is 4.89. The van der Waals surface area contributed by atoms with Crippen LogP contribution in [0, 0.1) is 0 Å². The first kappa shape index (κ1) is 19.0. The van der Waals surface area contributed by atoms with Crippen LogP contribution in [0.3, 0.4) is 0 Å². The largest absolute Gasteiger partial charge is 0.488 e. The van der Waals surface area contributed by atoms with Crippen molar-refractivity contribution in [3.63, 3.8) is 0 Å². The van der Waals surface area contributed by atoms with Gasteiger partial charge in [-0.3, -0.25) is 4.79 Å². The second-order valence-electron chi connectivity index (χ2n) is 6.61. The molecule has 0 aromatic heterocycles. The molecule has 138 valence electrons. The summed E-state index contributed by atoms with van der Waals surface area (Å²) >= 11 is 5.91. The van der Waals surface area contributed by atoms with Crippen molar-refractivity contribution in [2.45, 2.75) is 26.4 Å². The molecule has 0 aliphatic heterocycles. The van der Waals surface area contributed by atoms with E-state index in [1.165, 1.54) is 0 Å². The Kier molecular flexibility index (Phi) is 6.15. The van der Waals surface area contributed by atoms with Crippen LogP contribution in [0.5, 0.6) is 5.75 Å². The summed E-state index contributed by atoms with van der Waals surface area (Å²) in [6, 6.07) is 22.6. The van der Waals surface area contributed by atoms with E-state index in [1.54, 1.807) is 12.1 Å². The van der Waals surface area contributed by atoms with Gasteiger partial charge in [0.2, 0.25) is 0 Å². The third-order valence-electron chi connectivity index (χ3n) is 4.27. The van der Waals surface area contributed by atoms with Crippen LogP contribution in [0.2, 0.25) is 5.02 Å². The second kappa shape index (κ2) is 8.74. The van der Waals surface area contributed by atoms with Crippen molar-refractivity contribution in [2.75, 3.05) is 5.32 Å². The molecule has 0 spiro atoms. The van der Waals surface area contributed by atoms with Gasteiger partial charge in [-0.1, -0.05) is 67.9 Å². The summed E-state index contributed by atoms with van der Waals surface area (Å²) in [5.41, 5.74) is 3.42. The number of carbonyl (C=O) groups is 1. The first-order valence-corrected chi connectivity index (χ1v) is 9.29. The van der Waals surface area contributed by atoms with Crippen molar-refractivity contribution in [3.8, 4) is 5.75 Å². The van der Waals surface area contributed by atoms with Crippen LogP contribution < -0.4 is 10.1 Å². The first-order valence-electron chi connectivity index (χ1n) is 8.91. The van der Waals surface area contributed by atoms with E-state index in [1.807, 2.05) is 60.7 Å². The molecule has 0 radical (unpaired) electrons. The number of rotatable bonds is 6. The highest BCUT2D eigenvalue weighted by atomic mass is 35.5. The standard InChI is InChI=1S/C23H22ClNO2/c1-16(2)19-7-3-5-9-21(19)25-23(26)20-8-4-6-10-22(20)27-15-17-11-13-18(24)14-12-17/h3-14,16H,15H2,1-2H3,(H,25,26). The molecule has 0 bridgehead atoms. The number of hydrogen-bond donors (Lipinski definition) is 1. The summed E-state index contributed by atoms with van der Waals surface area (Å²) in [7, 11) is 0. The van der Waals surface area contributed by atoms with Crippen molar-refractivity contribution < 1.29 is 9.53 Å². The van der Waals surface area contributed by atoms with Crippen LogP contribution in [0.1, 0.15) is 41.3 Å². The molecular weight excluding hydrogens is 358 g/mol. The van der Waals surface area contributed by atoms with E-state index < -0.39 is 0 Å². The highest BCUT2D eigenvalue weighted by Crippen LogP contribution is 2.26. The Morgan fingerprint density at radius 3 is 2.37 bits per heavy atom. The zero-order valence-corrected chi connectivity index (χ0v) is 16.2. The molecule has 0 saturated heterocycles. The molecule has 3 aromatic rings. The molecule has 0 aliphatic rings. The van der Waals surface area contributed by atoms with Crippen LogP contribution in [0.15, 0.2) is 72.8 Å². The highest BCUT2D eigenvalue weighted by Gasteiger charge is 2.15. The second-order valence-corrected chi connectivity index (χ2v) is 7.04. The van der Waals surface area contributed by atoms with Crippen LogP contribution in [0.25, 0.3) is 0 Å². The molecule has 4 heteroatoms. The van der Waals surface area contributed by atoms with Crippen LogP contribution in [0.4, 0.5) is 5.69 Å². The maximum absolute atomic E-state index is 12.9. The number of halogens is 1. The fourth-order valence-corrected chi connectivity index (χ4v) is 2.95. The topological polar surface area (TPSA) is 38.3 Å². The zero-order valence-electron chi connectivity index (χ0n) is 15.4. The van der Waals surface area contributed by atoms with E-state index in [2.05, 4.69) is 19.2 Å².